The molecule has 0 bridgehead atoms. The molecule has 0 aromatic heterocycles. The lowest BCUT2D eigenvalue weighted by Crippen LogP contribution is -2.28. The normalized spacial score (nSPS) is 11.2. The number of nitrogens with one attached hydrogen (secondary N) is 1. The predicted octanol–water partition coefficient (Wildman–Crippen LogP) is 1.20. The van der Waals surface area contributed by atoms with Gasteiger partial charge in [-0.3, -0.25) is 9.52 Å². The van der Waals surface area contributed by atoms with Crippen LogP contribution in [0.25, 0.3) is 0 Å². The summed E-state index contributed by atoms with van der Waals surface area (Å²) < 4.78 is 24.4. The van der Waals surface area contributed by atoms with E-state index < -0.39 is 10.0 Å². The molecule has 0 spiro atoms. The number of carbonyl (C=O) groups is 1. The van der Waals surface area contributed by atoms with Crippen molar-refractivity contribution in [3.05, 3.63) is 23.8 Å². The molecule has 6 nitrogen and oxygen atoms in total. The minimum atomic E-state index is -3.41. The Balaban J connectivity index is 2.90. The smallest absolute Gasteiger partial charge is 0.257 e. The Hall–Kier alpha value is -1.41. The lowest BCUT2D eigenvalue weighted by atomic mass is 10.1. The van der Waals surface area contributed by atoms with E-state index >= 15 is 0 Å². The van der Waals surface area contributed by atoms with Gasteiger partial charge in [0.05, 0.1) is 17.5 Å². The molecule has 112 valence electrons. The number of rotatable bonds is 6. The van der Waals surface area contributed by atoms with Crippen LogP contribution in [0.2, 0.25) is 0 Å². The molecule has 0 saturated carbocycles. The van der Waals surface area contributed by atoms with Crippen LogP contribution in [0.1, 0.15) is 10.4 Å². The number of aromatic hydroxyl groups is 1. The molecule has 1 amide bonds. The number of nitrogens with zero attached hydrogens (tertiary/aromatic N) is 1. The van der Waals surface area contributed by atoms with Crippen molar-refractivity contribution >= 4 is 33.4 Å². The van der Waals surface area contributed by atoms with Gasteiger partial charge in [-0.1, -0.05) is 0 Å². The van der Waals surface area contributed by atoms with Gasteiger partial charge in [-0.25, -0.2) is 8.42 Å². The summed E-state index contributed by atoms with van der Waals surface area (Å²) in [6, 6.07) is 4.06. The lowest BCUT2D eigenvalue weighted by molar-refractivity contribution is 0.0801. The van der Waals surface area contributed by atoms with Gasteiger partial charge in [0.1, 0.15) is 5.75 Å². The molecule has 2 N–H and O–H groups in total. The van der Waals surface area contributed by atoms with Gasteiger partial charge in [-0.05, 0) is 18.4 Å². The molecular weight excluding hydrogens is 300 g/mol. The summed E-state index contributed by atoms with van der Waals surface area (Å²) in [6.07, 6.45) is 2.96. The topological polar surface area (TPSA) is 86.7 Å². The van der Waals surface area contributed by atoms with E-state index in [-0.39, 0.29) is 22.9 Å². The third-order valence-electron chi connectivity index (χ3n) is 2.51. The van der Waals surface area contributed by atoms with Crippen LogP contribution in [0.3, 0.4) is 0 Å². The molecule has 0 radical (unpaired) electrons. The van der Waals surface area contributed by atoms with Crippen molar-refractivity contribution in [3.8, 4) is 5.75 Å². The molecule has 0 atom stereocenters. The molecule has 0 heterocycles. The second-order valence-corrected chi connectivity index (χ2v) is 7.06. The largest absolute Gasteiger partial charge is 0.507 e. The van der Waals surface area contributed by atoms with Crippen LogP contribution in [0.5, 0.6) is 5.75 Å². The summed E-state index contributed by atoms with van der Waals surface area (Å²) in [7, 11) is -1.76. The third kappa shape index (κ3) is 4.93. The van der Waals surface area contributed by atoms with E-state index in [0.29, 0.717) is 6.54 Å². The number of hydrogen-bond acceptors (Lipinski definition) is 5. The molecular formula is C12H18N2O4S2. The number of sulfonamides is 1. The number of anilines is 1. The van der Waals surface area contributed by atoms with Crippen molar-refractivity contribution in [2.75, 3.05) is 36.6 Å². The maximum Gasteiger partial charge on any atom is 0.257 e. The number of benzene rings is 1. The Morgan fingerprint density at radius 3 is 2.60 bits per heavy atom. The van der Waals surface area contributed by atoms with E-state index in [2.05, 4.69) is 4.72 Å². The molecule has 1 aromatic carbocycles. The summed E-state index contributed by atoms with van der Waals surface area (Å²) >= 11 is 1.62. The number of amides is 1. The maximum atomic E-state index is 12.1. The third-order valence-corrected chi connectivity index (χ3v) is 3.71. The molecule has 8 heteroatoms. The Morgan fingerprint density at radius 1 is 1.45 bits per heavy atom. The number of phenols is 1. The summed E-state index contributed by atoms with van der Waals surface area (Å²) in [5.41, 5.74) is 0.362. The summed E-state index contributed by atoms with van der Waals surface area (Å²) in [5.74, 6) is 0.249. The minimum absolute atomic E-state index is 0.146. The van der Waals surface area contributed by atoms with Crippen LogP contribution in [-0.4, -0.2) is 56.2 Å². The van der Waals surface area contributed by atoms with Crippen molar-refractivity contribution in [3.63, 3.8) is 0 Å². The van der Waals surface area contributed by atoms with Gasteiger partial charge in [0.15, 0.2) is 0 Å². The van der Waals surface area contributed by atoms with E-state index in [1.807, 2.05) is 6.26 Å². The van der Waals surface area contributed by atoms with Crippen molar-refractivity contribution in [1.29, 1.82) is 0 Å². The van der Waals surface area contributed by atoms with Crippen molar-refractivity contribution in [1.82, 2.24) is 4.90 Å². The molecule has 20 heavy (non-hydrogen) atoms. The second kappa shape index (κ2) is 6.85. The zero-order valence-electron chi connectivity index (χ0n) is 11.6. The Labute approximate surface area is 123 Å². The second-order valence-electron chi connectivity index (χ2n) is 4.33. The minimum Gasteiger partial charge on any atom is -0.507 e. The molecule has 1 aromatic rings. The molecule has 1 rings (SSSR count). The molecule has 0 saturated heterocycles. The average Bonchev–Trinajstić information content (AvgIpc) is 2.33. The first-order valence-corrected chi connectivity index (χ1v) is 9.08. The fourth-order valence-electron chi connectivity index (χ4n) is 1.53. The molecule has 0 fully saturated rings. The van der Waals surface area contributed by atoms with Crippen molar-refractivity contribution < 1.29 is 18.3 Å². The summed E-state index contributed by atoms with van der Waals surface area (Å²) in [6.45, 7) is 0.572. The monoisotopic (exact) mass is 318 g/mol. The fourth-order valence-corrected chi connectivity index (χ4v) is 2.54. The Bertz CT molecular complexity index is 587. The van der Waals surface area contributed by atoms with Crippen LogP contribution < -0.4 is 4.72 Å². The number of carbonyl (C=O) groups excluding carboxylic acids is 1. The fraction of sp³-hybridized carbons (Fsp3) is 0.417. The van der Waals surface area contributed by atoms with E-state index in [1.165, 1.54) is 23.1 Å². The predicted molar refractivity (Wildman–Crippen MR) is 81.9 cm³/mol. The zero-order valence-corrected chi connectivity index (χ0v) is 13.2. The number of hydrogen-bond donors (Lipinski definition) is 2. The Kier molecular flexibility index (Phi) is 5.70. The van der Waals surface area contributed by atoms with Crippen LogP contribution >= 0.6 is 11.8 Å². The highest BCUT2D eigenvalue weighted by atomic mass is 32.2. The zero-order chi connectivity index (χ0) is 15.3. The Morgan fingerprint density at radius 2 is 2.10 bits per heavy atom. The number of phenolic OH excluding ortho intramolecular Hbond substituents is 1. The van der Waals surface area contributed by atoms with Gasteiger partial charge in [0, 0.05) is 25.4 Å². The van der Waals surface area contributed by atoms with E-state index in [0.717, 1.165) is 12.0 Å². The van der Waals surface area contributed by atoms with Crippen molar-refractivity contribution in [2.24, 2.45) is 0 Å². The first kappa shape index (κ1) is 16.6. The quantitative estimate of drug-likeness (QED) is 0.823. The standard InChI is InChI=1S/C12H18N2O4S2/c1-14(6-7-19-2)12(16)10-5-4-9(8-11(10)15)13-20(3,17)18/h4-5,8,13,15H,6-7H2,1-3H3. The maximum absolute atomic E-state index is 12.1. The van der Waals surface area contributed by atoms with Crippen LogP contribution in [-0.2, 0) is 10.0 Å². The highest BCUT2D eigenvalue weighted by Crippen LogP contribution is 2.23. The van der Waals surface area contributed by atoms with Gasteiger partial charge in [-0.15, -0.1) is 0 Å². The molecule has 0 unspecified atom stereocenters. The van der Waals surface area contributed by atoms with Crippen molar-refractivity contribution in [2.45, 2.75) is 0 Å². The summed E-state index contributed by atoms with van der Waals surface area (Å²) in [4.78, 5) is 13.6. The van der Waals surface area contributed by atoms with Gasteiger partial charge in [0.2, 0.25) is 10.0 Å². The summed E-state index contributed by atoms with van der Waals surface area (Å²) in [5, 5.41) is 9.85. The highest BCUT2D eigenvalue weighted by molar-refractivity contribution is 7.98. The van der Waals surface area contributed by atoms with Gasteiger partial charge < -0.3 is 10.0 Å². The number of thioether (sulfide) groups is 1. The van der Waals surface area contributed by atoms with Gasteiger partial charge in [0.25, 0.3) is 5.91 Å². The average molecular weight is 318 g/mol. The van der Waals surface area contributed by atoms with Crippen LogP contribution in [0, 0.1) is 0 Å². The van der Waals surface area contributed by atoms with Crippen LogP contribution in [0.4, 0.5) is 5.69 Å². The molecule has 0 aliphatic rings. The molecule has 0 aliphatic heterocycles. The highest BCUT2D eigenvalue weighted by Gasteiger charge is 2.16. The van der Waals surface area contributed by atoms with Crippen LogP contribution in [0.15, 0.2) is 18.2 Å². The first-order chi connectivity index (χ1) is 9.24. The first-order valence-electron chi connectivity index (χ1n) is 5.80. The molecule has 0 aliphatic carbocycles. The van der Waals surface area contributed by atoms with E-state index in [1.54, 1.807) is 18.8 Å². The lowest BCUT2D eigenvalue weighted by Gasteiger charge is -2.17. The van der Waals surface area contributed by atoms with E-state index in [9.17, 15) is 18.3 Å². The van der Waals surface area contributed by atoms with E-state index in [4.69, 9.17) is 0 Å². The van der Waals surface area contributed by atoms with Gasteiger partial charge >= 0.3 is 0 Å². The SMILES string of the molecule is CSCCN(C)C(=O)c1ccc(NS(C)(=O)=O)cc1O. The van der Waals surface area contributed by atoms with Gasteiger partial charge in [-0.2, -0.15) is 11.8 Å².